The van der Waals surface area contributed by atoms with Gasteiger partial charge in [-0.1, -0.05) is 45.0 Å². The average Bonchev–Trinajstić information content (AvgIpc) is 2.74. The highest BCUT2D eigenvalue weighted by Crippen LogP contribution is 2.44. The lowest BCUT2D eigenvalue weighted by Gasteiger charge is -2.23. The van der Waals surface area contributed by atoms with Crippen LogP contribution in [0.3, 0.4) is 0 Å². The van der Waals surface area contributed by atoms with Crippen molar-refractivity contribution in [1.29, 1.82) is 0 Å². The maximum Gasteiger partial charge on any atom is 0.323 e. The summed E-state index contributed by atoms with van der Waals surface area (Å²) in [5.74, 6) is 0.156. The number of hydrogen-bond acceptors (Lipinski definition) is 3. The molecule has 108 valence electrons. The number of carbonyl (C=O) groups excluding carboxylic acids is 1. The zero-order valence-electron chi connectivity index (χ0n) is 12.4. The lowest BCUT2D eigenvalue weighted by Crippen LogP contribution is -2.17. The van der Waals surface area contributed by atoms with Gasteiger partial charge in [0.25, 0.3) is 0 Å². The summed E-state index contributed by atoms with van der Waals surface area (Å²) < 4.78 is 5.44. The van der Waals surface area contributed by atoms with E-state index in [4.69, 9.17) is 4.74 Å². The molecule has 3 rings (SSSR count). The fourth-order valence-corrected chi connectivity index (χ4v) is 2.84. The number of phenols is 1. The fraction of sp³-hybridized carbons (Fsp3) is 0.278. The summed E-state index contributed by atoms with van der Waals surface area (Å²) in [5.41, 5.74) is 2.83. The van der Waals surface area contributed by atoms with E-state index < -0.39 is 5.92 Å². The van der Waals surface area contributed by atoms with E-state index in [1.807, 2.05) is 18.2 Å². The minimum absolute atomic E-state index is 0.0749. The monoisotopic (exact) mass is 282 g/mol. The molecule has 0 saturated carbocycles. The van der Waals surface area contributed by atoms with Crippen LogP contribution in [0.15, 0.2) is 42.5 Å². The van der Waals surface area contributed by atoms with Crippen LogP contribution in [0, 0.1) is 0 Å². The van der Waals surface area contributed by atoms with E-state index in [9.17, 15) is 9.90 Å². The van der Waals surface area contributed by atoms with Crippen molar-refractivity contribution >= 4 is 5.97 Å². The quantitative estimate of drug-likeness (QED) is 0.640. The van der Waals surface area contributed by atoms with Crippen molar-refractivity contribution < 1.29 is 14.6 Å². The third kappa shape index (κ3) is 2.29. The summed E-state index contributed by atoms with van der Waals surface area (Å²) in [6.07, 6.45) is 0. The van der Waals surface area contributed by atoms with Gasteiger partial charge in [-0.2, -0.15) is 0 Å². The molecule has 2 aromatic rings. The number of fused-ring (bicyclic) bond motifs is 1. The van der Waals surface area contributed by atoms with E-state index in [2.05, 4.69) is 20.8 Å². The summed E-state index contributed by atoms with van der Waals surface area (Å²) >= 11 is 0. The van der Waals surface area contributed by atoms with Gasteiger partial charge >= 0.3 is 5.97 Å². The predicted molar refractivity (Wildman–Crippen MR) is 80.7 cm³/mol. The van der Waals surface area contributed by atoms with Crippen LogP contribution in [0.25, 0.3) is 0 Å². The molecule has 2 aromatic carbocycles. The van der Waals surface area contributed by atoms with Crippen molar-refractivity contribution in [3.8, 4) is 11.5 Å². The molecule has 3 nitrogen and oxygen atoms in total. The Balaban J connectivity index is 2.19. The smallest absolute Gasteiger partial charge is 0.323 e. The van der Waals surface area contributed by atoms with Gasteiger partial charge in [0.15, 0.2) is 0 Å². The molecule has 1 unspecified atom stereocenters. The Labute approximate surface area is 124 Å². The second-order valence-electron chi connectivity index (χ2n) is 6.41. The van der Waals surface area contributed by atoms with Gasteiger partial charge < -0.3 is 9.84 Å². The van der Waals surface area contributed by atoms with Crippen LogP contribution in [0.1, 0.15) is 43.4 Å². The molecule has 0 radical (unpaired) electrons. The highest BCUT2D eigenvalue weighted by Gasteiger charge is 2.38. The first-order valence-corrected chi connectivity index (χ1v) is 7.02. The van der Waals surface area contributed by atoms with Gasteiger partial charge in [0.1, 0.15) is 17.4 Å². The van der Waals surface area contributed by atoms with E-state index in [1.165, 1.54) is 0 Å². The van der Waals surface area contributed by atoms with Gasteiger partial charge in [-0.05, 0) is 34.7 Å². The predicted octanol–water partition coefficient (Wildman–Crippen LogP) is 3.74. The maximum absolute atomic E-state index is 12.3. The van der Waals surface area contributed by atoms with Crippen LogP contribution in [0.2, 0.25) is 0 Å². The molecule has 1 aliphatic heterocycles. The van der Waals surface area contributed by atoms with Crippen molar-refractivity contribution in [2.45, 2.75) is 32.1 Å². The van der Waals surface area contributed by atoms with Gasteiger partial charge in [-0.3, -0.25) is 4.79 Å². The molecule has 1 N–H and O–H groups in total. The number of benzene rings is 2. The number of rotatable bonds is 1. The minimum Gasteiger partial charge on any atom is -0.508 e. The summed E-state index contributed by atoms with van der Waals surface area (Å²) in [7, 11) is 0. The third-order valence-corrected chi connectivity index (χ3v) is 3.84. The molecule has 1 atom stereocenters. The van der Waals surface area contributed by atoms with Crippen molar-refractivity contribution in [2.75, 3.05) is 0 Å². The molecule has 1 aliphatic rings. The highest BCUT2D eigenvalue weighted by atomic mass is 16.5. The molecular formula is C18H18O3. The van der Waals surface area contributed by atoms with Crippen LogP contribution >= 0.6 is 0 Å². The second kappa shape index (κ2) is 4.62. The summed E-state index contributed by atoms with van der Waals surface area (Å²) in [4.78, 5) is 12.3. The molecule has 21 heavy (non-hydrogen) atoms. The Morgan fingerprint density at radius 2 is 1.71 bits per heavy atom. The van der Waals surface area contributed by atoms with Gasteiger partial charge in [0, 0.05) is 5.56 Å². The van der Waals surface area contributed by atoms with Crippen molar-refractivity contribution in [2.24, 2.45) is 0 Å². The summed E-state index contributed by atoms with van der Waals surface area (Å²) in [6.45, 7) is 6.37. The van der Waals surface area contributed by atoms with Crippen LogP contribution < -0.4 is 4.74 Å². The zero-order chi connectivity index (χ0) is 15.2. The van der Waals surface area contributed by atoms with Crippen molar-refractivity contribution in [3.63, 3.8) is 0 Å². The van der Waals surface area contributed by atoms with Crippen LogP contribution in [-0.4, -0.2) is 11.1 Å². The Kier molecular flexibility index (Phi) is 3.01. The fourth-order valence-electron chi connectivity index (χ4n) is 2.84. The Hall–Kier alpha value is -2.29. The largest absolute Gasteiger partial charge is 0.508 e. The molecule has 0 aromatic heterocycles. The highest BCUT2D eigenvalue weighted by molar-refractivity contribution is 5.90. The van der Waals surface area contributed by atoms with Gasteiger partial charge in [-0.15, -0.1) is 0 Å². The standard InChI is InChI=1S/C18H18O3/c1-18(2,3)13-5-4-6-14-16(13)15(17(20)21-14)11-7-9-12(19)10-8-11/h4-10,15,19H,1-3H3. The molecular weight excluding hydrogens is 264 g/mol. The molecule has 1 heterocycles. The van der Waals surface area contributed by atoms with Crippen molar-refractivity contribution in [3.05, 3.63) is 59.2 Å². The first-order chi connectivity index (χ1) is 9.88. The van der Waals surface area contributed by atoms with Crippen molar-refractivity contribution in [1.82, 2.24) is 0 Å². The second-order valence-corrected chi connectivity index (χ2v) is 6.41. The summed E-state index contributed by atoms with van der Waals surface area (Å²) in [6, 6.07) is 12.6. The van der Waals surface area contributed by atoms with E-state index in [0.29, 0.717) is 5.75 Å². The average molecular weight is 282 g/mol. The molecule has 0 bridgehead atoms. The van der Waals surface area contributed by atoms with Crippen LogP contribution in [0.5, 0.6) is 11.5 Å². The Morgan fingerprint density at radius 1 is 1.05 bits per heavy atom. The van der Waals surface area contributed by atoms with E-state index >= 15 is 0 Å². The Morgan fingerprint density at radius 3 is 2.33 bits per heavy atom. The van der Waals surface area contributed by atoms with Gasteiger partial charge in [-0.25, -0.2) is 0 Å². The van der Waals surface area contributed by atoms with Crippen LogP contribution in [0.4, 0.5) is 0 Å². The number of aromatic hydroxyl groups is 1. The topological polar surface area (TPSA) is 46.5 Å². The molecule has 0 fully saturated rings. The zero-order valence-corrected chi connectivity index (χ0v) is 12.4. The number of hydrogen-bond donors (Lipinski definition) is 1. The summed E-state index contributed by atoms with van der Waals surface area (Å²) in [5, 5.41) is 9.43. The number of ether oxygens (including phenoxy) is 1. The van der Waals surface area contributed by atoms with E-state index in [1.54, 1.807) is 24.3 Å². The Bertz CT molecular complexity index is 693. The van der Waals surface area contributed by atoms with Gasteiger partial charge in [0.2, 0.25) is 0 Å². The third-order valence-electron chi connectivity index (χ3n) is 3.84. The first kappa shape index (κ1) is 13.7. The first-order valence-electron chi connectivity index (χ1n) is 7.02. The lowest BCUT2D eigenvalue weighted by molar-refractivity contribution is -0.133. The van der Waals surface area contributed by atoms with Crippen LogP contribution in [-0.2, 0) is 10.2 Å². The van der Waals surface area contributed by atoms with E-state index in [-0.39, 0.29) is 17.1 Å². The SMILES string of the molecule is CC(C)(C)c1cccc2c1C(c1ccc(O)cc1)C(=O)O2. The lowest BCUT2D eigenvalue weighted by atomic mass is 9.78. The minimum atomic E-state index is -0.420. The van der Waals surface area contributed by atoms with E-state index in [0.717, 1.165) is 16.7 Å². The number of phenolic OH excluding ortho intramolecular Hbond substituents is 1. The molecule has 0 aliphatic carbocycles. The normalized spacial score (nSPS) is 17.5. The number of esters is 1. The molecule has 3 heteroatoms. The maximum atomic E-state index is 12.3. The molecule has 0 saturated heterocycles. The molecule has 0 amide bonds. The number of carbonyl (C=O) groups is 1. The molecule has 0 spiro atoms. The van der Waals surface area contributed by atoms with Gasteiger partial charge in [0.05, 0.1) is 0 Å².